The quantitative estimate of drug-likeness (QED) is 0.638. The SMILES string of the molecule is C[C@H](NC(=O)C[C@@H]1C=C[C@H](NC(=O)C2CCC2)[C@H](CO)O1)c1ccccc1. The second-order valence-electron chi connectivity index (χ2n) is 7.35. The van der Waals surface area contributed by atoms with Crippen LogP contribution >= 0.6 is 0 Å². The highest BCUT2D eigenvalue weighted by atomic mass is 16.5. The Bertz CT molecular complexity index is 672. The third kappa shape index (κ3) is 5.17. The van der Waals surface area contributed by atoms with Gasteiger partial charge in [-0.05, 0) is 25.3 Å². The summed E-state index contributed by atoms with van der Waals surface area (Å²) in [6.45, 7) is 1.73. The molecule has 0 unspecified atom stereocenters. The molecule has 6 heteroatoms. The van der Waals surface area contributed by atoms with Gasteiger partial charge in [-0.3, -0.25) is 9.59 Å². The van der Waals surface area contributed by atoms with Gasteiger partial charge in [-0.15, -0.1) is 0 Å². The number of ether oxygens (including phenoxy) is 1. The second kappa shape index (κ2) is 9.15. The van der Waals surface area contributed by atoms with Crippen molar-refractivity contribution in [3.8, 4) is 0 Å². The fourth-order valence-electron chi connectivity index (χ4n) is 3.40. The number of aliphatic hydroxyl groups is 1. The molecule has 1 aliphatic carbocycles. The molecule has 3 N–H and O–H groups in total. The van der Waals surface area contributed by atoms with E-state index in [1.165, 1.54) is 0 Å². The second-order valence-corrected chi connectivity index (χ2v) is 7.35. The Morgan fingerprint density at radius 2 is 1.96 bits per heavy atom. The maximum absolute atomic E-state index is 12.3. The normalized spacial score (nSPS) is 26.1. The molecule has 146 valence electrons. The number of hydrogen-bond donors (Lipinski definition) is 3. The number of amides is 2. The molecule has 1 aliphatic heterocycles. The molecule has 27 heavy (non-hydrogen) atoms. The molecule has 2 aliphatic rings. The lowest BCUT2D eigenvalue weighted by molar-refractivity contribution is -0.132. The lowest BCUT2D eigenvalue weighted by Crippen LogP contribution is -2.51. The zero-order chi connectivity index (χ0) is 19.2. The minimum Gasteiger partial charge on any atom is -0.394 e. The molecule has 1 heterocycles. The Morgan fingerprint density at radius 3 is 2.59 bits per heavy atom. The van der Waals surface area contributed by atoms with E-state index in [4.69, 9.17) is 4.74 Å². The molecule has 6 nitrogen and oxygen atoms in total. The predicted molar refractivity (Wildman–Crippen MR) is 102 cm³/mol. The van der Waals surface area contributed by atoms with E-state index in [1.807, 2.05) is 43.3 Å². The smallest absolute Gasteiger partial charge is 0.223 e. The van der Waals surface area contributed by atoms with Gasteiger partial charge in [0.15, 0.2) is 0 Å². The topological polar surface area (TPSA) is 87.7 Å². The van der Waals surface area contributed by atoms with Crippen LogP contribution in [0, 0.1) is 5.92 Å². The Hall–Kier alpha value is -2.18. The van der Waals surface area contributed by atoms with E-state index >= 15 is 0 Å². The predicted octanol–water partition coefficient (Wildman–Crippen LogP) is 1.85. The summed E-state index contributed by atoms with van der Waals surface area (Å²) >= 11 is 0. The van der Waals surface area contributed by atoms with Crippen molar-refractivity contribution < 1.29 is 19.4 Å². The van der Waals surface area contributed by atoms with Gasteiger partial charge in [-0.25, -0.2) is 0 Å². The van der Waals surface area contributed by atoms with Gasteiger partial charge in [0.25, 0.3) is 0 Å². The van der Waals surface area contributed by atoms with Crippen molar-refractivity contribution in [1.29, 1.82) is 0 Å². The molecule has 1 fully saturated rings. The molecule has 1 aromatic rings. The molecule has 0 radical (unpaired) electrons. The molecule has 3 rings (SSSR count). The zero-order valence-corrected chi connectivity index (χ0v) is 15.6. The van der Waals surface area contributed by atoms with E-state index in [0.717, 1.165) is 24.8 Å². The molecular weight excluding hydrogens is 344 g/mol. The Labute approximate surface area is 160 Å². The van der Waals surface area contributed by atoms with Crippen LogP contribution in [0.3, 0.4) is 0 Å². The maximum atomic E-state index is 12.3. The van der Waals surface area contributed by atoms with E-state index in [9.17, 15) is 14.7 Å². The van der Waals surface area contributed by atoms with E-state index in [0.29, 0.717) is 0 Å². The van der Waals surface area contributed by atoms with Crippen molar-refractivity contribution >= 4 is 11.8 Å². The number of rotatable bonds is 7. The number of nitrogens with one attached hydrogen (secondary N) is 2. The van der Waals surface area contributed by atoms with Crippen molar-refractivity contribution in [2.45, 2.75) is 56.9 Å². The monoisotopic (exact) mass is 372 g/mol. The zero-order valence-electron chi connectivity index (χ0n) is 15.6. The van der Waals surface area contributed by atoms with Crippen LogP contribution < -0.4 is 10.6 Å². The number of hydrogen-bond acceptors (Lipinski definition) is 4. The van der Waals surface area contributed by atoms with E-state index in [2.05, 4.69) is 10.6 Å². The first kappa shape index (κ1) is 19.6. The van der Waals surface area contributed by atoms with Gasteiger partial charge in [0.1, 0.15) is 6.10 Å². The summed E-state index contributed by atoms with van der Waals surface area (Å²) in [7, 11) is 0. The van der Waals surface area contributed by atoms with Crippen molar-refractivity contribution in [1.82, 2.24) is 10.6 Å². The van der Waals surface area contributed by atoms with Crippen LogP contribution in [-0.2, 0) is 14.3 Å². The minimum absolute atomic E-state index is 0.0193. The molecule has 4 atom stereocenters. The first-order valence-corrected chi connectivity index (χ1v) is 9.66. The molecule has 2 amide bonds. The van der Waals surface area contributed by atoms with Crippen LogP contribution in [0.25, 0.3) is 0 Å². The van der Waals surface area contributed by atoms with Gasteiger partial charge in [0.05, 0.1) is 31.2 Å². The molecular formula is C21H28N2O4. The highest BCUT2D eigenvalue weighted by Gasteiger charge is 2.32. The number of carbonyl (C=O) groups excluding carboxylic acids is 2. The molecule has 1 saturated carbocycles. The fraction of sp³-hybridized carbons (Fsp3) is 0.524. The summed E-state index contributed by atoms with van der Waals surface area (Å²) in [5.41, 5.74) is 1.04. The first-order chi connectivity index (χ1) is 13.1. The summed E-state index contributed by atoms with van der Waals surface area (Å²) in [4.78, 5) is 24.5. The highest BCUT2D eigenvalue weighted by Crippen LogP contribution is 2.27. The summed E-state index contributed by atoms with van der Waals surface area (Å²) in [5.74, 6) is -0.0128. The average Bonchev–Trinajstić information content (AvgIpc) is 2.62. The van der Waals surface area contributed by atoms with Gasteiger partial charge in [0, 0.05) is 5.92 Å². The third-order valence-electron chi connectivity index (χ3n) is 5.31. The van der Waals surface area contributed by atoms with Crippen molar-refractivity contribution in [3.05, 3.63) is 48.0 Å². The van der Waals surface area contributed by atoms with E-state index in [-0.39, 0.29) is 42.8 Å². The number of benzene rings is 1. The van der Waals surface area contributed by atoms with Crippen LogP contribution in [0.2, 0.25) is 0 Å². The van der Waals surface area contributed by atoms with Gasteiger partial charge in [-0.2, -0.15) is 0 Å². The Morgan fingerprint density at radius 1 is 1.22 bits per heavy atom. The van der Waals surface area contributed by atoms with E-state index in [1.54, 1.807) is 6.08 Å². The van der Waals surface area contributed by atoms with Crippen molar-refractivity contribution in [2.24, 2.45) is 5.92 Å². The summed E-state index contributed by atoms with van der Waals surface area (Å²) in [5, 5.41) is 15.5. The fourth-order valence-corrected chi connectivity index (χ4v) is 3.40. The number of aliphatic hydroxyl groups excluding tert-OH is 1. The summed E-state index contributed by atoms with van der Waals surface area (Å²) < 4.78 is 5.83. The lowest BCUT2D eigenvalue weighted by atomic mass is 9.84. The van der Waals surface area contributed by atoms with Crippen molar-refractivity contribution in [3.63, 3.8) is 0 Å². The van der Waals surface area contributed by atoms with Gasteiger partial charge in [-0.1, -0.05) is 48.9 Å². The number of carbonyl (C=O) groups is 2. The molecule has 0 saturated heterocycles. The van der Waals surface area contributed by atoms with Crippen LogP contribution in [0.1, 0.15) is 44.2 Å². The van der Waals surface area contributed by atoms with Gasteiger partial charge < -0.3 is 20.5 Å². The van der Waals surface area contributed by atoms with Crippen LogP contribution in [0.15, 0.2) is 42.5 Å². The van der Waals surface area contributed by atoms with E-state index < -0.39 is 12.2 Å². The van der Waals surface area contributed by atoms with Crippen LogP contribution in [0.4, 0.5) is 0 Å². The van der Waals surface area contributed by atoms with Crippen molar-refractivity contribution in [2.75, 3.05) is 6.61 Å². The lowest BCUT2D eigenvalue weighted by Gasteiger charge is -2.34. The largest absolute Gasteiger partial charge is 0.394 e. The van der Waals surface area contributed by atoms with Gasteiger partial charge >= 0.3 is 0 Å². The van der Waals surface area contributed by atoms with Crippen LogP contribution in [-0.4, -0.2) is 41.8 Å². The third-order valence-corrected chi connectivity index (χ3v) is 5.31. The van der Waals surface area contributed by atoms with Gasteiger partial charge in [0.2, 0.25) is 11.8 Å². The first-order valence-electron chi connectivity index (χ1n) is 9.66. The highest BCUT2D eigenvalue weighted by molar-refractivity contribution is 5.80. The molecule has 0 spiro atoms. The summed E-state index contributed by atoms with van der Waals surface area (Å²) in [6, 6.07) is 9.32. The average molecular weight is 372 g/mol. The standard InChI is InChI=1S/C21H28N2O4/c1-14(15-6-3-2-4-7-15)22-20(25)12-17-10-11-18(19(13-24)27-17)23-21(26)16-8-5-9-16/h2-4,6-7,10-11,14,16-19,24H,5,8-9,12-13H2,1H3,(H,22,25)(H,23,26)/t14-,17-,18-,19-/m0/s1. The maximum Gasteiger partial charge on any atom is 0.223 e. The molecule has 0 aromatic heterocycles. The Balaban J connectivity index is 1.51. The minimum atomic E-state index is -0.539. The molecule has 0 bridgehead atoms. The summed E-state index contributed by atoms with van der Waals surface area (Å²) in [6.07, 6.45) is 5.80. The molecule has 1 aromatic carbocycles. The van der Waals surface area contributed by atoms with Crippen LogP contribution in [0.5, 0.6) is 0 Å². The Kier molecular flexibility index (Phi) is 6.63.